The van der Waals surface area contributed by atoms with Crippen molar-refractivity contribution in [1.82, 2.24) is 9.80 Å². The minimum absolute atomic E-state index is 0.467. The van der Waals surface area contributed by atoms with Gasteiger partial charge in [-0.2, -0.15) is 0 Å². The van der Waals surface area contributed by atoms with Gasteiger partial charge >= 0.3 is 5.97 Å². The van der Waals surface area contributed by atoms with Crippen molar-refractivity contribution in [3.05, 3.63) is 21.4 Å². The SMILES string of the molecule is Cc1sc(C(=O)O)cc1CN1CCCN2CCCC2C1. The Bertz CT molecular complexity index is 500. The van der Waals surface area contributed by atoms with E-state index in [1.165, 1.54) is 49.3 Å². The minimum Gasteiger partial charge on any atom is -0.477 e. The van der Waals surface area contributed by atoms with Gasteiger partial charge in [0.05, 0.1) is 0 Å². The van der Waals surface area contributed by atoms with Crippen LogP contribution in [-0.4, -0.2) is 53.1 Å². The average Bonchev–Trinajstić information content (AvgIpc) is 2.93. The molecule has 5 heteroatoms. The van der Waals surface area contributed by atoms with Gasteiger partial charge in [-0.25, -0.2) is 4.79 Å². The third kappa shape index (κ3) is 2.90. The number of hydrogen-bond acceptors (Lipinski definition) is 4. The number of aryl methyl sites for hydroxylation is 1. The van der Waals surface area contributed by atoms with Crippen molar-refractivity contribution in [3.63, 3.8) is 0 Å². The molecule has 3 rings (SSSR count). The van der Waals surface area contributed by atoms with Crippen LogP contribution >= 0.6 is 11.3 Å². The molecule has 20 heavy (non-hydrogen) atoms. The molecule has 1 unspecified atom stereocenters. The Hall–Kier alpha value is -0.910. The van der Waals surface area contributed by atoms with E-state index in [1.807, 2.05) is 13.0 Å². The van der Waals surface area contributed by atoms with E-state index >= 15 is 0 Å². The van der Waals surface area contributed by atoms with E-state index in [4.69, 9.17) is 5.11 Å². The summed E-state index contributed by atoms with van der Waals surface area (Å²) in [6.45, 7) is 7.69. The first kappa shape index (κ1) is 14.0. The van der Waals surface area contributed by atoms with Crippen LogP contribution in [0.4, 0.5) is 0 Å². The number of nitrogens with zero attached hydrogens (tertiary/aromatic N) is 2. The van der Waals surface area contributed by atoms with E-state index in [1.54, 1.807) is 0 Å². The molecule has 2 saturated heterocycles. The zero-order valence-electron chi connectivity index (χ0n) is 12.0. The molecule has 2 aliphatic rings. The van der Waals surface area contributed by atoms with Gasteiger partial charge in [0.1, 0.15) is 4.88 Å². The Labute approximate surface area is 124 Å². The molecule has 1 aromatic heterocycles. The van der Waals surface area contributed by atoms with Crippen molar-refractivity contribution in [3.8, 4) is 0 Å². The summed E-state index contributed by atoms with van der Waals surface area (Å²) >= 11 is 1.40. The summed E-state index contributed by atoms with van der Waals surface area (Å²) in [4.78, 5) is 17.8. The molecule has 3 heterocycles. The summed E-state index contributed by atoms with van der Waals surface area (Å²) in [5, 5.41) is 9.09. The van der Waals surface area contributed by atoms with Crippen molar-refractivity contribution in [2.24, 2.45) is 0 Å². The Kier molecular flexibility index (Phi) is 4.10. The predicted molar refractivity (Wildman–Crippen MR) is 80.5 cm³/mol. The van der Waals surface area contributed by atoms with E-state index in [-0.39, 0.29) is 0 Å². The summed E-state index contributed by atoms with van der Waals surface area (Å²) in [7, 11) is 0. The quantitative estimate of drug-likeness (QED) is 0.930. The lowest BCUT2D eigenvalue weighted by atomic mass is 10.2. The van der Waals surface area contributed by atoms with Crippen LogP contribution < -0.4 is 0 Å². The number of carboxylic acid groups (broad SMARTS) is 1. The summed E-state index contributed by atoms with van der Waals surface area (Å²) in [6, 6.07) is 2.58. The van der Waals surface area contributed by atoms with Crippen molar-refractivity contribution in [2.75, 3.05) is 26.2 Å². The van der Waals surface area contributed by atoms with Gasteiger partial charge in [-0.05, 0) is 57.5 Å². The Morgan fingerprint density at radius 1 is 1.40 bits per heavy atom. The highest BCUT2D eigenvalue weighted by Crippen LogP contribution is 2.26. The number of rotatable bonds is 3. The Morgan fingerprint density at radius 3 is 2.95 bits per heavy atom. The van der Waals surface area contributed by atoms with Crippen LogP contribution in [0.3, 0.4) is 0 Å². The molecule has 0 amide bonds. The maximum absolute atomic E-state index is 11.1. The lowest BCUT2D eigenvalue weighted by Crippen LogP contribution is -2.36. The third-order valence-electron chi connectivity index (χ3n) is 4.51. The highest BCUT2D eigenvalue weighted by molar-refractivity contribution is 7.14. The highest BCUT2D eigenvalue weighted by Gasteiger charge is 2.28. The maximum Gasteiger partial charge on any atom is 0.345 e. The number of aromatic carboxylic acids is 1. The topological polar surface area (TPSA) is 43.8 Å². The molecular weight excluding hydrogens is 272 g/mol. The molecule has 1 aromatic rings. The molecule has 0 aromatic carbocycles. The first-order chi connectivity index (χ1) is 9.63. The van der Waals surface area contributed by atoms with Crippen molar-refractivity contribution >= 4 is 17.3 Å². The number of carboxylic acids is 1. The highest BCUT2D eigenvalue weighted by atomic mass is 32.1. The molecule has 2 fully saturated rings. The van der Waals surface area contributed by atoms with Gasteiger partial charge in [-0.3, -0.25) is 9.80 Å². The molecule has 0 saturated carbocycles. The molecular formula is C15H22N2O2S. The second-order valence-electron chi connectivity index (χ2n) is 5.92. The van der Waals surface area contributed by atoms with Crippen molar-refractivity contribution < 1.29 is 9.90 Å². The van der Waals surface area contributed by atoms with Crippen LogP contribution in [-0.2, 0) is 6.54 Å². The summed E-state index contributed by atoms with van der Waals surface area (Å²) in [6.07, 6.45) is 3.88. The number of fused-ring (bicyclic) bond motifs is 1. The fraction of sp³-hybridized carbons (Fsp3) is 0.667. The summed E-state index contributed by atoms with van der Waals surface area (Å²) in [5.74, 6) is -0.804. The predicted octanol–water partition coefficient (Wildman–Crippen LogP) is 2.42. The molecule has 4 nitrogen and oxygen atoms in total. The van der Waals surface area contributed by atoms with Crippen molar-refractivity contribution in [1.29, 1.82) is 0 Å². The molecule has 1 N–H and O–H groups in total. The van der Waals surface area contributed by atoms with Crippen LogP contribution in [0.2, 0.25) is 0 Å². The second kappa shape index (κ2) is 5.84. The molecule has 0 radical (unpaired) electrons. The number of carbonyl (C=O) groups is 1. The molecule has 2 aliphatic heterocycles. The van der Waals surface area contributed by atoms with Gasteiger partial charge in [0.2, 0.25) is 0 Å². The van der Waals surface area contributed by atoms with E-state index in [2.05, 4.69) is 9.80 Å². The molecule has 0 aliphatic carbocycles. The normalized spacial score (nSPS) is 24.6. The van der Waals surface area contributed by atoms with Crippen LogP contribution in [0.1, 0.15) is 39.4 Å². The lowest BCUT2D eigenvalue weighted by Gasteiger charge is -2.25. The maximum atomic E-state index is 11.1. The van der Waals surface area contributed by atoms with E-state index in [9.17, 15) is 4.79 Å². The molecule has 0 spiro atoms. The van der Waals surface area contributed by atoms with Gasteiger partial charge in [-0.15, -0.1) is 11.3 Å². The smallest absolute Gasteiger partial charge is 0.345 e. The minimum atomic E-state index is -0.804. The van der Waals surface area contributed by atoms with E-state index in [0.717, 1.165) is 30.6 Å². The summed E-state index contributed by atoms with van der Waals surface area (Å²) in [5.41, 5.74) is 1.19. The Morgan fingerprint density at radius 2 is 2.20 bits per heavy atom. The number of hydrogen-bond donors (Lipinski definition) is 1. The van der Waals surface area contributed by atoms with Crippen LogP contribution in [0.5, 0.6) is 0 Å². The van der Waals surface area contributed by atoms with Gasteiger partial charge < -0.3 is 5.11 Å². The van der Waals surface area contributed by atoms with Gasteiger partial charge in [-0.1, -0.05) is 0 Å². The molecule has 110 valence electrons. The third-order valence-corrected chi connectivity index (χ3v) is 5.59. The van der Waals surface area contributed by atoms with Crippen molar-refractivity contribution in [2.45, 2.75) is 38.8 Å². The summed E-state index contributed by atoms with van der Waals surface area (Å²) < 4.78 is 0. The molecule has 0 bridgehead atoms. The van der Waals surface area contributed by atoms with Gasteiger partial charge in [0.15, 0.2) is 0 Å². The Balaban J connectivity index is 1.69. The average molecular weight is 294 g/mol. The fourth-order valence-electron chi connectivity index (χ4n) is 3.45. The van der Waals surface area contributed by atoms with Crippen LogP contribution in [0.15, 0.2) is 6.07 Å². The number of thiophene rings is 1. The van der Waals surface area contributed by atoms with Gasteiger partial charge in [0.25, 0.3) is 0 Å². The fourth-order valence-corrected chi connectivity index (χ4v) is 4.32. The second-order valence-corrected chi connectivity index (χ2v) is 7.17. The van der Waals surface area contributed by atoms with E-state index < -0.39 is 5.97 Å². The zero-order chi connectivity index (χ0) is 14.1. The van der Waals surface area contributed by atoms with Crippen LogP contribution in [0.25, 0.3) is 0 Å². The van der Waals surface area contributed by atoms with E-state index in [0.29, 0.717) is 4.88 Å². The monoisotopic (exact) mass is 294 g/mol. The van der Waals surface area contributed by atoms with Gasteiger partial charge in [0, 0.05) is 24.0 Å². The van der Waals surface area contributed by atoms with Crippen LogP contribution in [0, 0.1) is 6.92 Å². The molecule has 1 atom stereocenters. The lowest BCUT2D eigenvalue weighted by molar-refractivity contribution is 0.0702. The first-order valence-electron chi connectivity index (χ1n) is 7.42. The first-order valence-corrected chi connectivity index (χ1v) is 8.24. The standard InChI is InChI=1S/C15H22N2O2S/c1-11-12(8-14(20-11)15(18)19)9-16-5-3-7-17-6-2-4-13(17)10-16/h8,13H,2-7,9-10H2,1H3,(H,18,19). The largest absolute Gasteiger partial charge is 0.477 e. The zero-order valence-corrected chi connectivity index (χ0v) is 12.8.